The van der Waals surface area contributed by atoms with Gasteiger partial charge in [-0.15, -0.1) is 0 Å². The van der Waals surface area contributed by atoms with E-state index in [1.807, 2.05) is 4.90 Å². The number of rotatable bonds is 3. The third-order valence-corrected chi connectivity index (χ3v) is 5.80. The Hall–Kier alpha value is -3.93. The number of halogens is 3. The molecule has 2 N–H and O–H groups in total. The van der Waals surface area contributed by atoms with Crippen LogP contribution in [0, 0.1) is 0 Å². The van der Waals surface area contributed by atoms with E-state index in [1.54, 1.807) is 12.1 Å². The number of amides is 2. The van der Waals surface area contributed by atoms with Crippen molar-refractivity contribution >= 4 is 23.4 Å². The number of pyridine rings is 1. The molecule has 1 aromatic carbocycles. The van der Waals surface area contributed by atoms with Crippen LogP contribution in [0.1, 0.15) is 5.56 Å². The highest BCUT2D eigenvalue weighted by Crippen LogP contribution is 2.41. The first kappa shape index (κ1) is 21.9. The molecule has 2 aromatic heterocycles. The minimum atomic E-state index is -4.50. The summed E-state index contributed by atoms with van der Waals surface area (Å²) in [6, 6.07) is 8.37. The van der Waals surface area contributed by atoms with Crippen molar-refractivity contribution in [1.29, 1.82) is 0 Å². The molecule has 3 aromatic rings. The van der Waals surface area contributed by atoms with Crippen molar-refractivity contribution in [2.24, 2.45) is 0 Å². The molecule has 176 valence electrons. The van der Waals surface area contributed by atoms with Crippen molar-refractivity contribution in [3.05, 3.63) is 54.4 Å². The number of hydrogen-bond donors (Lipinski definition) is 2. The van der Waals surface area contributed by atoms with E-state index in [0.29, 0.717) is 18.8 Å². The van der Waals surface area contributed by atoms with E-state index in [0.717, 1.165) is 12.1 Å². The first-order valence-electron chi connectivity index (χ1n) is 10.3. The number of carbonyl (C=O) groups excluding carboxylic acids is 1. The summed E-state index contributed by atoms with van der Waals surface area (Å²) >= 11 is 0. The zero-order valence-corrected chi connectivity index (χ0v) is 17.8. The van der Waals surface area contributed by atoms with Gasteiger partial charge in [0.05, 0.1) is 36.2 Å². The summed E-state index contributed by atoms with van der Waals surface area (Å²) in [7, 11) is 1.43. The highest BCUT2D eigenvalue weighted by Gasteiger charge is 2.45. The maximum absolute atomic E-state index is 13.3. The van der Waals surface area contributed by atoms with Gasteiger partial charge in [-0.3, -0.25) is 10.2 Å². The molecule has 0 aliphatic carbocycles. The lowest BCUT2D eigenvalue weighted by Gasteiger charge is -2.36. The molecule has 34 heavy (non-hydrogen) atoms. The van der Waals surface area contributed by atoms with Gasteiger partial charge in [0, 0.05) is 24.7 Å². The summed E-state index contributed by atoms with van der Waals surface area (Å²) in [5, 5.41) is 13.2. The van der Waals surface area contributed by atoms with Crippen LogP contribution in [-0.2, 0) is 6.18 Å². The largest absolute Gasteiger partial charge is 0.481 e. The predicted octanol–water partition coefficient (Wildman–Crippen LogP) is 3.17. The summed E-state index contributed by atoms with van der Waals surface area (Å²) in [4.78, 5) is 29.0. The number of nitrogens with zero attached hydrogens (tertiary/aromatic N) is 5. The number of alkyl halides is 3. The molecule has 0 unspecified atom stereocenters. The van der Waals surface area contributed by atoms with Crippen LogP contribution in [0.4, 0.5) is 35.3 Å². The quantitative estimate of drug-likeness (QED) is 0.604. The van der Waals surface area contributed by atoms with Gasteiger partial charge in [-0.1, -0.05) is 12.1 Å². The number of benzene rings is 1. The van der Waals surface area contributed by atoms with Gasteiger partial charge in [0.1, 0.15) is 12.1 Å². The molecule has 2 amide bonds. The fraction of sp³-hybridized carbons (Fsp3) is 0.273. The Labute approximate surface area is 191 Å². The van der Waals surface area contributed by atoms with Crippen LogP contribution in [0.5, 0.6) is 5.88 Å². The van der Waals surface area contributed by atoms with Crippen LogP contribution in [0.3, 0.4) is 0 Å². The summed E-state index contributed by atoms with van der Waals surface area (Å²) in [6.45, 7) is 0.687. The van der Waals surface area contributed by atoms with Crippen molar-refractivity contribution in [3.63, 3.8) is 0 Å². The molecule has 9 nitrogen and oxygen atoms in total. The van der Waals surface area contributed by atoms with Gasteiger partial charge < -0.3 is 14.7 Å². The first-order chi connectivity index (χ1) is 16.2. The number of anilines is 3. The van der Waals surface area contributed by atoms with E-state index < -0.39 is 29.9 Å². The molecule has 1 fully saturated rings. The standard InChI is InChI=1S/C22H19F3N6O3/c1-34-19-8-18(26-11-27-19)29-21(33)31-16-9-30(10-17(16)32)15-6-5-14(28-20(15)31)12-3-2-4-13(7-12)22(23,24)25/h2-8,11,16-17,32H,9-10H2,1H3,(H,26,27,29,33)/t16-,17-/m1/s1. The van der Waals surface area contributed by atoms with E-state index in [9.17, 15) is 23.1 Å². The Balaban J connectivity index is 1.54. The zero-order valence-electron chi connectivity index (χ0n) is 17.8. The number of nitrogens with one attached hydrogen (secondary N) is 1. The van der Waals surface area contributed by atoms with Crippen molar-refractivity contribution < 1.29 is 27.8 Å². The maximum atomic E-state index is 13.3. The maximum Gasteiger partial charge on any atom is 0.416 e. The average molecular weight is 472 g/mol. The Bertz CT molecular complexity index is 1250. The van der Waals surface area contributed by atoms with Crippen LogP contribution >= 0.6 is 0 Å². The Morgan fingerprint density at radius 2 is 2.00 bits per heavy atom. The van der Waals surface area contributed by atoms with Crippen LogP contribution in [0.25, 0.3) is 11.3 Å². The topological polar surface area (TPSA) is 104 Å². The number of aliphatic hydroxyl groups is 1. The summed E-state index contributed by atoms with van der Waals surface area (Å²) in [5.41, 5.74) is 0.324. The number of urea groups is 1. The second-order valence-corrected chi connectivity index (χ2v) is 7.90. The van der Waals surface area contributed by atoms with E-state index in [4.69, 9.17) is 4.74 Å². The first-order valence-corrected chi connectivity index (χ1v) is 10.3. The minimum absolute atomic E-state index is 0.183. The molecular formula is C22H19F3N6O3. The molecule has 2 aliphatic heterocycles. The molecule has 2 bridgehead atoms. The number of methoxy groups -OCH3 is 1. The zero-order chi connectivity index (χ0) is 24.0. The lowest BCUT2D eigenvalue weighted by molar-refractivity contribution is -0.137. The molecule has 2 atom stereocenters. The fourth-order valence-corrected chi connectivity index (χ4v) is 4.19. The monoisotopic (exact) mass is 472 g/mol. The van der Waals surface area contributed by atoms with Gasteiger partial charge in [0.2, 0.25) is 5.88 Å². The fourth-order valence-electron chi connectivity index (χ4n) is 4.19. The Kier molecular flexibility index (Phi) is 5.24. The molecule has 5 rings (SSSR count). The summed E-state index contributed by atoms with van der Waals surface area (Å²) in [6.07, 6.45) is -4.10. The van der Waals surface area contributed by atoms with Gasteiger partial charge >= 0.3 is 12.2 Å². The third-order valence-electron chi connectivity index (χ3n) is 5.80. The average Bonchev–Trinajstić information content (AvgIpc) is 3.14. The normalized spacial score (nSPS) is 19.1. The molecule has 0 spiro atoms. The van der Waals surface area contributed by atoms with E-state index in [2.05, 4.69) is 20.3 Å². The second-order valence-electron chi connectivity index (χ2n) is 7.90. The molecule has 0 saturated carbocycles. The van der Waals surface area contributed by atoms with E-state index >= 15 is 0 Å². The Morgan fingerprint density at radius 1 is 1.18 bits per heavy atom. The van der Waals surface area contributed by atoms with Crippen LogP contribution in [-0.4, -0.2) is 58.4 Å². The minimum Gasteiger partial charge on any atom is -0.481 e. The molecular weight excluding hydrogens is 453 g/mol. The molecule has 12 heteroatoms. The van der Waals surface area contributed by atoms with E-state index in [-0.39, 0.29) is 28.8 Å². The van der Waals surface area contributed by atoms with Gasteiger partial charge in [-0.25, -0.2) is 19.7 Å². The van der Waals surface area contributed by atoms with Gasteiger partial charge in [-0.2, -0.15) is 13.2 Å². The molecule has 2 aliphatic rings. The van der Waals surface area contributed by atoms with Gasteiger partial charge in [0.15, 0.2) is 5.82 Å². The van der Waals surface area contributed by atoms with Gasteiger partial charge in [-0.05, 0) is 24.3 Å². The third kappa shape index (κ3) is 3.85. The number of aromatic nitrogens is 3. The van der Waals surface area contributed by atoms with Crippen molar-refractivity contribution in [2.75, 3.05) is 35.3 Å². The molecule has 0 radical (unpaired) electrons. The lowest BCUT2D eigenvalue weighted by Crippen LogP contribution is -2.51. The second kappa shape index (κ2) is 8.13. The smallest absolute Gasteiger partial charge is 0.416 e. The summed E-state index contributed by atoms with van der Waals surface area (Å²) in [5.74, 6) is 0.671. The SMILES string of the molecule is COc1cc(NC(=O)N2c3nc(-c4cccc(C(F)(F)F)c4)ccc3N3C[C@@H](O)[C@H]2C3)ncn1. The number of carbonyl (C=O) groups is 1. The molecule has 4 heterocycles. The van der Waals surface area contributed by atoms with Gasteiger partial charge in [0.25, 0.3) is 0 Å². The van der Waals surface area contributed by atoms with Crippen LogP contribution < -0.4 is 19.9 Å². The van der Waals surface area contributed by atoms with Crippen molar-refractivity contribution in [2.45, 2.75) is 18.3 Å². The Morgan fingerprint density at radius 3 is 2.76 bits per heavy atom. The van der Waals surface area contributed by atoms with Crippen LogP contribution in [0.2, 0.25) is 0 Å². The summed E-state index contributed by atoms with van der Waals surface area (Å²) < 4.78 is 44.7. The predicted molar refractivity (Wildman–Crippen MR) is 117 cm³/mol. The molecule has 1 saturated heterocycles. The van der Waals surface area contributed by atoms with E-state index in [1.165, 1.54) is 36.5 Å². The highest BCUT2D eigenvalue weighted by atomic mass is 19.4. The number of aliphatic hydroxyl groups excluding tert-OH is 1. The number of hydrogen-bond acceptors (Lipinski definition) is 7. The lowest BCUT2D eigenvalue weighted by atomic mass is 10.1. The van der Waals surface area contributed by atoms with Crippen LogP contribution in [0.15, 0.2) is 48.8 Å². The van der Waals surface area contributed by atoms with Crippen molar-refractivity contribution in [1.82, 2.24) is 15.0 Å². The highest BCUT2D eigenvalue weighted by molar-refractivity contribution is 6.04. The number of fused-ring (bicyclic) bond motifs is 4. The van der Waals surface area contributed by atoms with Crippen molar-refractivity contribution in [3.8, 4) is 17.1 Å². The number of ether oxygens (including phenoxy) is 1.